The van der Waals surface area contributed by atoms with Gasteiger partial charge in [-0.1, -0.05) is 24.3 Å². The molecule has 1 rings (SSSR count). The molecule has 0 aliphatic carbocycles. The van der Waals surface area contributed by atoms with Crippen molar-refractivity contribution in [2.75, 3.05) is 33.7 Å². The minimum Gasteiger partial charge on any atom is -0.356 e. The molecule has 0 aliphatic heterocycles. The van der Waals surface area contributed by atoms with E-state index in [2.05, 4.69) is 29.3 Å². The smallest absolute Gasteiger partial charge is 0.224 e. The highest BCUT2D eigenvalue weighted by molar-refractivity contribution is 5.78. The van der Waals surface area contributed by atoms with Gasteiger partial charge in [0.1, 0.15) is 0 Å². The standard InChI is InChI=1S/C17H27N3O2/c1-14-7-5-6-8-16(14)13-20(12-11-19(3)4)17(22)9-10-18-15(2)21/h5-8H,9-13H2,1-4H3,(H,18,21). The molecule has 0 saturated heterocycles. The van der Waals surface area contributed by atoms with Crippen molar-refractivity contribution >= 4 is 11.8 Å². The molecule has 22 heavy (non-hydrogen) atoms. The summed E-state index contributed by atoms with van der Waals surface area (Å²) in [7, 11) is 3.99. The minimum atomic E-state index is -0.105. The molecule has 1 N–H and O–H groups in total. The number of rotatable bonds is 8. The van der Waals surface area contributed by atoms with Crippen molar-refractivity contribution in [1.82, 2.24) is 15.1 Å². The Kier molecular flexibility index (Phi) is 7.60. The molecule has 1 aromatic rings. The van der Waals surface area contributed by atoms with Gasteiger partial charge in [-0.2, -0.15) is 0 Å². The van der Waals surface area contributed by atoms with E-state index in [1.165, 1.54) is 12.5 Å². The lowest BCUT2D eigenvalue weighted by Gasteiger charge is -2.25. The highest BCUT2D eigenvalue weighted by atomic mass is 16.2. The SMILES string of the molecule is CC(=O)NCCC(=O)N(CCN(C)C)Cc1ccccc1C. The zero-order valence-corrected chi connectivity index (χ0v) is 14.1. The zero-order chi connectivity index (χ0) is 16.5. The van der Waals surface area contributed by atoms with Crippen molar-refractivity contribution in [2.45, 2.75) is 26.8 Å². The molecule has 5 heteroatoms. The van der Waals surface area contributed by atoms with E-state index in [4.69, 9.17) is 0 Å². The van der Waals surface area contributed by atoms with E-state index in [1.807, 2.05) is 31.1 Å². The number of nitrogens with one attached hydrogen (secondary N) is 1. The van der Waals surface area contributed by atoms with Gasteiger partial charge in [0, 0.05) is 39.5 Å². The molecule has 2 amide bonds. The van der Waals surface area contributed by atoms with E-state index in [-0.39, 0.29) is 11.8 Å². The van der Waals surface area contributed by atoms with Crippen LogP contribution in [0.25, 0.3) is 0 Å². The van der Waals surface area contributed by atoms with E-state index in [9.17, 15) is 9.59 Å². The summed E-state index contributed by atoms with van der Waals surface area (Å²) in [5, 5.41) is 2.67. The molecule has 5 nitrogen and oxygen atoms in total. The Morgan fingerprint density at radius 1 is 1.14 bits per heavy atom. The number of hydrogen-bond acceptors (Lipinski definition) is 3. The number of hydrogen-bond donors (Lipinski definition) is 1. The van der Waals surface area contributed by atoms with Crippen LogP contribution in [0.3, 0.4) is 0 Å². The van der Waals surface area contributed by atoms with E-state index in [0.717, 1.165) is 12.1 Å². The topological polar surface area (TPSA) is 52.7 Å². The fourth-order valence-electron chi connectivity index (χ4n) is 2.11. The van der Waals surface area contributed by atoms with Crippen LogP contribution < -0.4 is 5.32 Å². The zero-order valence-electron chi connectivity index (χ0n) is 14.1. The van der Waals surface area contributed by atoms with Gasteiger partial charge in [-0.3, -0.25) is 9.59 Å². The third-order valence-electron chi connectivity index (χ3n) is 3.51. The van der Waals surface area contributed by atoms with Gasteiger partial charge in [0.2, 0.25) is 11.8 Å². The molecule has 1 aromatic carbocycles. The maximum atomic E-state index is 12.4. The van der Waals surface area contributed by atoms with Crippen LogP contribution >= 0.6 is 0 Å². The van der Waals surface area contributed by atoms with Gasteiger partial charge in [-0.05, 0) is 32.1 Å². The Balaban J connectivity index is 2.68. The maximum absolute atomic E-state index is 12.4. The Bertz CT molecular complexity index is 500. The van der Waals surface area contributed by atoms with E-state index >= 15 is 0 Å². The first-order valence-corrected chi connectivity index (χ1v) is 7.61. The molecule has 0 unspecified atom stereocenters. The van der Waals surface area contributed by atoms with E-state index < -0.39 is 0 Å². The number of amides is 2. The van der Waals surface area contributed by atoms with Gasteiger partial charge in [-0.15, -0.1) is 0 Å². The third-order valence-corrected chi connectivity index (χ3v) is 3.51. The highest BCUT2D eigenvalue weighted by Gasteiger charge is 2.15. The summed E-state index contributed by atoms with van der Waals surface area (Å²) < 4.78 is 0. The molecule has 0 aromatic heterocycles. The van der Waals surface area contributed by atoms with Crippen molar-refractivity contribution in [2.24, 2.45) is 0 Å². The summed E-state index contributed by atoms with van der Waals surface area (Å²) in [6.07, 6.45) is 0.332. The third kappa shape index (κ3) is 6.72. The molecule has 0 spiro atoms. The fourth-order valence-corrected chi connectivity index (χ4v) is 2.11. The number of benzene rings is 1. The normalized spacial score (nSPS) is 10.6. The predicted molar refractivity (Wildman–Crippen MR) is 88.5 cm³/mol. The number of aryl methyl sites for hydroxylation is 1. The van der Waals surface area contributed by atoms with Crippen molar-refractivity contribution in [3.8, 4) is 0 Å². The monoisotopic (exact) mass is 305 g/mol. The second-order valence-electron chi connectivity index (χ2n) is 5.78. The van der Waals surface area contributed by atoms with Crippen LogP contribution in [-0.2, 0) is 16.1 Å². The molecule has 0 bridgehead atoms. The summed E-state index contributed by atoms with van der Waals surface area (Å²) in [4.78, 5) is 27.2. The molecular weight excluding hydrogens is 278 g/mol. The first kappa shape index (κ1) is 18.2. The van der Waals surface area contributed by atoms with Crippen LogP contribution in [0.15, 0.2) is 24.3 Å². The summed E-state index contributed by atoms with van der Waals surface area (Å²) in [5.74, 6) is -0.0367. The average Bonchev–Trinajstić information content (AvgIpc) is 2.44. The van der Waals surface area contributed by atoms with E-state index in [0.29, 0.717) is 26.1 Å². The van der Waals surface area contributed by atoms with Crippen LogP contribution in [-0.4, -0.2) is 55.3 Å². The average molecular weight is 305 g/mol. The number of carbonyl (C=O) groups is 2. The minimum absolute atomic E-state index is 0.0684. The Hall–Kier alpha value is -1.88. The van der Waals surface area contributed by atoms with Crippen molar-refractivity contribution in [1.29, 1.82) is 0 Å². The van der Waals surface area contributed by atoms with Gasteiger partial charge < -0.3 is 15.1 Å². The number of carbonyl (C=O) groups excluding carboxylic acids is 2. The van der Waals surface area contributed by atoms with E-state index in [1.54, 1.807) is 0 Å². The Labute approximate surface area is 133 Å². The Morgan fingerprint density at radius 2 is 1.82 bits per heavy atom. The lowest BCUT2D eigenvalue weighted by molar-refractivity contribution is -0.132. The summed E-state index contributed by atoms with van der Waals surface area (Å²) in [6.45, 7) is 6.01. The summed E-state index contributed by atoms with van der Waals surface area (Å²) in [5.41, 5.74) is 2.35. The number of likely N-dealkylation sites (N-methyl/N-ethyl adjacent to an activating group) is 1. The van der Waals surface area contributed by atoms with Gasteiger partial charge >= 0.3 is 0 Å². The van der Waals surface area contributed by atoms with Crippen molar-refractivity contribution < 1.29 is 9.59 Å². The molecule has 0 saturated carbocycles. The largest absolute Gasteiger partial charge is 0.356 e. The fraction of sp³-hybridized carbons (Fsp3) is 0.529. The predicted octanol–water partition coefficient (Wildman–Crippen LogP) is 1.41. The van der Waals surface area contributed by atoms with Gasteiger partial charge in [0.15, 0.2) is 0 Å². The molecule has 0 radical (unpaired) electrons. The maximum Gasteiger partial charge on any atom is 0.224 e. The molecule has 0 atom stereocenters. The first-order chi connectivity index (χ1) is 10.4. The van der Waals surface area contributed by atoms with Crippen LogP contribution in [0.5, 0.6) is 0 Å². The Morgan fingerprint density at radius 3 is 2.41 bits per heavy atom. The van der Waals surface area contributed by atoms with Crippen molar-refractivity contribution in [3.63, 3.8) is 0 Å². The first-order valence-electron chi connectivity index (χ1n) is 7.61. The summed E-state index contributed by atoms with van der Waals surface area (Å²) >= 11 is 0. The summed E-state index contributed by atoms with van der Waals surface area (Å²) in [6, 6.07) is 8.11. The van der Waals surface area contributed by atoms with Gasteiger partial charge in [0.25, 0.3) is 0 Å². The second-order valence-corrected chi connectivity index (χ2v) is 5.78. The lowest BCUT2D eigenvalue weighted by atomic mass is 10.1. The van der Waals surface area contributed by atoms with Gasteiger partial charge in [-0.25, -0.2) is 0 Å². The molecular formula is C17H27N3O2. The quantitative estimate of drug-likeness (QED) is 0.790. The molecule has 0 aliphatic rings. The van der Waals surface area contributed by atoms with Crippen LogP contribution in [0, 0.1) is 6.92 Å². The highest BCUT2D eigenvalue weighted by Crippen LogP contribution is 2.11. The second kappa shape index (κ2) is 9.20. The van der Waals surface area contributed by atoms with Gasteiger partial charge in [0.05, 0.1) is 0 Å². The molecule has 0 fully saturated rings. The van der Waals surface area contributed by atoms with Crippen LogP contribution in [0.1, 0.15) is 24.5 Å². The van der Waals surface area contributed by atoms with Crippen LogP contribution in [0.4, 0.5) is 0 Å². The lowest BCUT2D eigenvalue weighted by Crippen LogP contribution is -2.38. The number of nitrogens with zero attached hydrogens (tertiary/aromatic N) is 2. The molecule has 0 heterocycles. The van der Waals surface area contributed by atoms with Crippen molar-refractivity contribution in [3.05, 3.63) is 35.4 Å². The molecule has 122 valence electrons. The van der Waals surface area contributed by atoms with Crippen LogP contribution in [0.2, 0.25) is 0 Å².